The van der Waals surface area contributed by atoms with Crippen molar-refractivity contribution >= 4 is 6.01 Å². The molecule has 5 heteroatoms. The van der Waals surface area contributed by atoms with Crippen molar-refractivity contribution in [1.29, 1.82) is 0 Å². The first kappa shape index (κ1) is 11.4. The Balaban J connectivity index is 1.80. The quantitative estimate of drug-likeness (QED) is 0.741. The van der Waals surface area contributed by atoms with Gasteiger partial charge in [-0.05, 0) is 25.7 Å². The Morgan fingerprint density at radius 1 is 1.31 bits per heavy atom. The number of aromatic nitrogens is 2. The molecule has 2 rings (SSSR count). The van der Waals surface area contributed by atoms with E-state index in [4.69, 9.17) is 4.42 Å². The molecule has 0 aliphatic heterocycles. The molecule has 0 atom stereocenters. The van der Waals surface area contributed by atoms with Crippen molar-refractivity contribution in [2.75, 3.05) is 5.32 Å². The van der Waals surface area contributed by atoms with E-state index in [2.05, 4.69) is 34.7 Å². The van der Waals surface area contributed by atoms with Gasteiger partial charge in [0.15, 0.2) is 0 Å². The first-order chi connectivity index (χ1) is 7.81. The smallest absolute Gasteiger partial charge is 0.315 e. The first-order valence-corrected chi connectivity index (χ1v) is 6.14. The molecule has 1 saturated carbocycles. The largest absolute Gasteiger partial charge is 0.407 e. The molecule has 16 heavy (non-hydrogen) atoms. The van der Waals surface area contributed by atoms with Crippen molar-refractivity contribution < 1.29 is 4.42 Å². The average molecular weight is 224 g/mol. The highest BCUT2D eigenvalue weighted by Crippen LogP contribution is 2.19. The van der Waals surface area contributed by atoms with E-state index in [9.17, 15) is 0 Å². The topological polar surface area (TPSA) is 63.0 Å². The zero-order valence-corrected chi connectivity index (χ0v) is 9.99. The third-order valence-electron chi connectivity index (χ3n) is 2.90. The zero-order chi connectivity index (χ0) is 11.4. The van der Waals surface area contributed by atoms with Gasteiger partial charge >= 0.3 is 6.01 Å². The number of nitrogens with zero attached hydrogens (tertiary/aromatic N) is 2. The summed E-state index contributed by atoms with van der Waals surface area (Å²) in [6.07, 6.45) is 4.67. The maximum absolute atomic E-state index is 5.50. The van der Waals surface area contributed by atoms with Crippen LogP contribution in [0.15, 0.2) is 4.42 Å². The van der Waals surface area contributed by atoms with Gasteiger partial charge in [-0.2, -0.15) is 0 Å². The van der Waals surface area contributed by atoms with Crippen LogP contribution in [-0.2, 0) is 6.54 Å². The third kappa shape index (κ3) is 3.20. The molecular formula is C11H20N4O. The maximum Gasteiger partial charge on any atom is 0.315 e. The van der Waals surface area contributed by atoms with Gasteiger partial charge in [-0.15, -0.1) is 5.10 Å². The summed E-state index contributed by atoms with van der Waals surface area (Å²) in [5, 5.41) is 14.6. The fraction of sp³-hybridized carbons (Fsp3) is 0.818. The average Bonchev–Trinajstić information content (AvgIpc) is 3.03. The number of hydrogen-bond acceptors (Lipinski definition) is 5. The van der Waals surface area contributed by atoms with E-state index >= 15 is 0 Å². The van der Waals surface area contributed by atoms with Gasteiger partial charge in [-0.3, -0.25) is 0 Å². The zero-order valence-electron chi connectivity index (χ0n) is 9.99. The van der Waals surface area contributed by atoms with E-state index in [1.807, 2.05) is 0 Å². The van der Waals surface area contributed by atoms with Gasteiger partial charge in [-0.1, -0.05) is 18.9 Å². The van der Waals surface area contributed by atoms with Crippen LogP contribution in [-0.4, -0.2) is 22.3 Å². The van der Waals surface area contributed by atoms with E-state index in [0.29, 0.717) is 30.5 Å². The van der Waals surface area contributed by atoms with E-state index in [1.165, 1.54) is 12.8 Å². The Labute approximate surface area is 96.0 Å². The summed E-state index contributed by atoms with van der Waals surface area (Å²) in [6, 6.07) is 1.63. The molecule has 0 spiro atoms. The maximum atomic E-state index is 5.50. The van der Waals surface area contributed by atoms with Gasteiger partial charge in [0.1, 0.15) is 0 Å². The highest BCUT2D eigenvalue weighted by atomic mass is 16.4. The Kier molecular flexibility index (Phi) is 3.77. The van der Waals surface area contributed by atoms with E-state index in [0.717, 1.165) is 12.8 Å². The fourth-order valence-electron chi connectivity index (χ4n) is 1.57. The van der Waals surface area contributed by atoms with Gasteiger partial charge in [0, 0.05) is 12.1 Å². The lowest BCUT2D eigenvalue weighted by Gasteiger charge is -2.11. The minimum Gasteiger partial charge on any atom is -0.407 e. The van der Waals surface area contributed by atoms with Crippen LogP contribution in [0.4, 0.5) is 6.01 Å². The summed E-state index contributed by atoms with van der Waals surface area (Å²) in [6.45, 7) is 4.97. The predicted octanol–water partition coefficient (Wildman–Crippen LogP) is 1.92. The lowest BCUT2D eigenvalue weighted by molar-refractivity contribution is 0.469. The molecule has 1 aliphatic carbocycles. The Morgan fingerprint density at radius 3 is 2.69 bits per heavy atom. The van der Waals surface area contributed by atoms with Crippen molar-refractivity contribution in [3.63, 3.8) is 0 Å². The summed E-state index contributed by atoms with van der Waals surface area (Å²) >= 11 is 0. The second kappa shape index (κ2) is 5.30. The van der Waals surface area contributed by atoms with Crippen molar-refractivity contribution in [2.24, 2.45) is 0 Å². The van der Waals surface area contributed by atoms with Crippen LogP contribution in [0.25, 0.3) is 0 Å². The second-order valence-corrected chi connectivity index (χ2v) is 4.31. The van der Waals surface area contributed by atoms with Crippen molar-refractivity contribution in [2.45, 2.75) is 58.2 Å². The van der Waals surface area contributed by atoms with Gasteiger partial charge in [-0.25, -0.2) is 0 Å². The van der Waals surface area contributed by atoms with E-state index < -0.39 is 0 Å². The molecule has 90 valence electrons. The highest BCUT2D eigenvalue weighted by Gasteiger charge is 2.21. The molecule has 5 nitrogen and oxygen atoms in total. The molecule has 0 unspecified atom stereocenters. The Bertz CT molecular complexity index is 318. The van der Waals surface area contributed by atoms with Crippen molar-refractivity contribution in [3.05, 3.63) is 5.89 Å². The molecule has 1 aliphatic rings. The molecule has 2 N–H and O–H groups in total. The Morgan fingerprint density at radius 2 is 2.06 bits per heavy atom. The normalized spacial score (nSPS) is 15.7. The lowest BCUT2D eigenvalue weighted by Crippen LogP contribution is -2.17. The lowest BCUT2D eigenvalue weighted by atomic mass is 10.2. The predicted molar refractivity (Wildman–Crippen MR) is 62.2 cm³/mol. The number of hydrogen-bond donors (Lipinski definition) is 2. The summed E-state index contributed by atoms with van der Waals surface area (Å²) in [5.74, 6) is 0.667. The van der Waals surface area contributed by atoms with Crippen LogP contribution < -0.4 is 10.6 Å². The van der Waals surface area contributed by atoms with Gasteiger partial charge in [0.2, 0.25) is 5.89 Å². The SMILES string of the molecule is CCC(CC)Nc1nnc(CNC2CC2)o1. The second-order valence-electron chi connectivity index (χ2n) is 4.31. The molecule has 1 heterocycles. The van der Waals surface area contributed by atoms with E-state index in [1.54, 1.807) is 0 Å². The van der Waals surface area contributed by atoms with Crippen LogP contribution in [0.3, 0.4) is 0 Å². The molecule has 0 aromatic carbocycles. The monoisotopic (exact) mass is 224 g/mol. The summed E-state index contributed by atoms with van der Waals surface area (Å²) in [5.41, 5.74) is 0. The van der Waals surface area contributed by atoms with Crippen LogP contribution in [0, 0.1) is 0 Å². The van der Waals surface area contributed by atoms with Crippen LogP contribution in [0.2, 0.25) is 0 Å². The third-order valence-corrected chi connectivity index (χ3v) is 2.90. The molecule has 0 amide bonds. The number of anilines is 1. The first-order valence-electron chi connectivity index (χ1n) is 6.14. The minimum atomic E-state index is 0.421. The standard InChI is InChI=1S/C11H20N4O/c1-3-8(4-2)13-11-15-14-10(16-11)7-12-9-5-6-9/h8-9,12H,3-7H2,1-2H3,(H,13,15). The van der Waals surface area contributed by atoms with Gasteiger partial charge in [0.05, 0.1) is 6.54 Å². The van der Waals surface area contributed by atoms with Crippen LogP contribution in [0.5, 0.6) is 0 Å². The highest BCUT2D eigenvalue weighted by molar-refractivity contribution is 5.19. The molecule has 0 saturated heterocycles. The fourth-order valence-corrected chi connectivity index (χ4v) is 1.57. The van der Waals surface area contributed by atoms with Crippen LogP contribution in [0.1, 0.15) is 45.4 Å². The van der Waals surface area contributed by atoms with E-state index in [-0.39, 0.29) is 0 Å². The Hall–Kier alpha value is -1.10. The van der Waals surface area contributed by atoms with Crippen molar-refractivity contribution in [3.8, 4) is 0 Å². The summed E-state index contributed by atoms with van der Waals surface area (Å²) in [4.78, 5) is 0. The van der Waals surface area contributed by atoms with Gasteiger partial charge < -0.3 is 15.1 Å². The minimum absolute atomic E-state index is 0.421. The molecule has 0 radical (unpaired) electrons. The van der Waals surface area contributed by atoms with Gasteiger partial charge in [0.25, 0.3) is 0 Å². The summed E-state index contributed by atoms with van der Waals surface area (Å²) in [7, 11) is 0. The molecule has 1 aromatic rings. The number of nitrogens with one attached hydrogen (secondary N) is 2. The molecule has 0 bridgehead atoms. The molecule has 1 fully saturated rings. The summed E-state index contributed by atoms with van der Waals surface area (Å²) < 4.78 is 5.50. The van der Waals surface area contributed by atoms with Crippen LogP contribution >= 0.6 is 0 Å². The van der Waals surface area contributed by atoms with Crippen molar-refractivity contribution in [1.82, 2.24) is 15.5 Å². The molecule has 1 aromatic heterocycles. The molecular weight excluding hydrogens is 204 g/mol. The number of rotatable bonds is 7.